The molecule has 0 amide bonds. The molecule has 0 bridgehead atoms. The molecule has 0 spiro atoms. The van der Waals surface area contributed by atoms with E-state index in [0.717, 1.165) is 109 Å². The van der Waals surface area contributed by atoms with E-state index in [-0.39, 0.29) is 25.7 Å². The Hall–Kier alpha value is -1.94. The van der Waals surface area contributed by atoms with E-state index in [1.54, 1.807) is 0 Å². The Morgan fingerprint density at radius 3 is 0.819 bits per heavy atom. The first-order valence-electron chi connectivity index (χ1n) is 33.5. The molecule has 0 heterocycles. The summed E-state index contributed by atoms with van der Waals surface area (Å²) >= 11 is 0. The highest BCUT2D eigenvalue weighted by molar-refractivity contribution is 7.47. The third-order valence-electron chi connectivity index (χ3n) is 14.7. The van der Waals surface area contributed by atoms with E-state index in [1.807, 2.05) is 0 Å². The van der Waals surface area contributed by atoms with Crippen molar-refractivity contribution in [1.82, 2.24) is 0 Å². The van der Waals surface area contributed by atoms with Gasteiger partial charge in [-0.25, -0.2) is 9.13 Å². The third-order valence-corrected chi connectivity index (χ3v) is 16.6. The van der Waals surface area contributed by atoms with Crippen LogP contribution in [0.15, 0.2) is 0 Å². The number of hydrogen-bond donors (Lipinski definition) is 3. The second-order valence-corrected chi connectivity index (χ2v) is 27.0. The van der Waals surface area contributed by atoms with E-state index < -0.39 is 97.5 Å². The largest absolute Gasteiger partial charge is 0.472 e. The Kier molecular flexibility index (Phi) is 55.2. The molecular formula is C64H124O17P2. The van der Waals surface area contributed by atoms with Gasteiger partial charge in [-0.15, -0.1) is 0 Å². The monoisotopic (exact) mass is 1230 g/mol. The Balaban J connectivity index is 5.21. The Morgan fingerprint density at radius 2 is 0.554 bits per heavy atom. The third kappa shape index (κ3) is 58.8. The van der Waals surface area contributed by atoms with Crippen LogP contribution < -0.4 is 0 Å². The molecular weight excluding hydrogens is 1100 g/mol. The second-order valence-electron chi connectivity index (χ2n) is 24.1. The summed E-state index contributed by atoms with van der Waals surface area (Å²) < 4.78 is 67.9. The van der Waals surface area contributed by atoms with E-state index in [1.165, 1.54) is 122 Å². The van der Waals surface area contributed by atoms with Gasteiger partial charge in [0.2, 0.25) is 0 Å². The number of esters is 4. The molecule has 0 aromatic heterocycles. The van der Waals surface area contributed by atoms with E-state index in [4.69, 9.17) is 37.0 Å². The number of phosphoric acid groups is 2. The normalized spacial score (nSPS) is 14.3. The zero-order valence-electron chi connectivity index (χ0n) is 53.5. The summed E-state index contributed by atoms with van der Waals surface area (Å²) in [6, 6.07) is 0. The topological polar surface area (TPSA) is 237 Å². The van der Waals surface area contributed by atoms with E-state index in [2.05, 4.69) is 41.5 Å². The van der Waals surface area contributed by atoms with E-state index in [9.17, 15) is 43.2 Å². The second kappa shape index (κ2) is 56.6. The van der Waals surface area contributed by atoms with E-state index >= 15 is 0 Å². The van der Waals surface area contributed by atoms with Crippen LogP contribution in [0, 0.1) is 11.8 Å². The van der Waals surface area contributed by atoms with Crippen molar-refractivity contribution >= 4 is 39.5 Å². The van der Waals surface area contributed by atoms with Gasteiger partial charge in [0.05, 0.1) is 26.4 Å². The molecule has 2 unspecified atom stereocenters. The van der Waals surface area contributed by atoms with Crippen molar-refractivity contribution in [2.75, 3.05) is 39.6 Å². The molecule has 0 saturated heterocycles. The average molecular weight is 1230 g/mol. The Labute approximate surface area is 505 Å². The first kappa shape index (κ1) is 81.1. The van der Waals surface area contributed by atoms with Gasteiger partial charge in [-0.2, -0.15) is 0 Å². The lowest BCUT2D eigenvalue weighted by atomic mass is 10.0. The van der Waals surface area contributed by atoms with Crippen LogP contribution in [0.1, 0.15) is 318 Å². The summed E-state index contributed by atoms with van der Waals surface area (Å²) in [7, 11) is -9.88. The molecule has 5 atom stereocenters. The van der Waals surface area contributed by atoms with Crippen LogP contribution >= 0.6 is 15.6 Å². The molecule has 492 valence electrons. The number of aliphatic hydroxyl groups excluding tert-OH is 1. The summed E-state index contributed by atoms with van der Waals surface area (Å²) in [5.74, 6) is -0.655. The fraction of sp³-hybridized carbons (Fsp3) is 0.938. The van der Waals surface area contributed by atoms with Gasteiger partial charge in [0.25, 0.3) is 0 Å². The summed E-state index contributed by atoms with van der Waals surface area (Å²) in [4.78, 5) is 72.1. The van der Waals surface area contributed by atoms with Crippen LogP contribution in [0.2, 0.25) is 0 Å². The van der Waals surface area contributed by atoms with Crippen molar-refractivity contribution < 1.29 is 80.2 Å². The maximum absolute atomic E-state index is 13.0. The van der Waals surface area contributed by atoms with Crippen molar-refractivity contribution in [1.29, 1.82) is 0 Å². The summed E-state index contributed by atoms with van der Waals surface area (Å²) in [5.41, 5.74) is 0. The number of rotatable bonds is 63. The van der Waals surface area contributed by atoms with Crippen molar-refractivity contribution in [2.24, 2.45) is 11.8 Å². The molecule has 0 aliphatic heterocycles. The van der Waals surface area contributed by atoms with Crippen LogP contribution in [0.25, 0.3) is 0 Å². The van der Waals surface area contributed by atoms with Gasteiger partial charge in [0.1, 0.15) is 19.3 Å². The van der Waals surface area contributed by atoms with Crippen LogP contribution in [-0.4, -0.2) is 96.7 Å². The van der Waals surface area contributed by atoms with Gasteiger partial charge in [0.15, 0.2) is 12.2 Å². The minimum atomic E-state index is -4.94. The Morgan fingerprint density at radius 1 is 0.325 bits per heavy atom. The molecule has 19 heteroatoms. The molecule has 0 radical (unpaired) electrons. The van der Waals surface area contributed by atoms with Gasteiger partial charge in [-0.05, 0) is 37.5 Å². The van der Waals surface area contributed by atoms with Crippen molar-refractivity contribution in [2.45, 2.75) is 336 Å². The summed E-state index contributed by atoms with van der Waals surface area (Å²) in [5, 5.41) is 10.5. The zero-order valence-corrected chi connectivity index (χ0v) is 55.3. The molecule has 0 aliphatic rings. The maximum atomic E-state index is 13.0. The minimum absolute atomic E-state index is 0.106. The van der Waals surface area contributed by atoms with Gasteiger partial charge in [-0.3, -0.25) is 37.3 Å². The fourth-order valence-electron chi connectivity index (χ4n) is 9.53. The fourth-order valence-corrected chi connectivity index (χ4v) is 11.1. The van der Waals surface area contributed by atoms with Gasteiger partial charge >= 0.3 is 39.5 Å². The van der Waals surface area contributed by atoms with Gasteiger partial charge < -0.3 is 33.8 Å². The van der Waals surface area contributed by atoms with Crippen LogP contribution in [0.4, 0.5) is 0 Å². The molecule has 0 aromatic carbocycles. The number of hydrogen-bond acceptors (Lipinski definition) is 15. The standard InChI is InChI=1S/C64H124O17P2/c1-7-9-11-13-15-17-23-29-36-42-48-63(68)80-59(52-74-61(66)46-40-34-28-16-14-12-10-8-2)54-78-82(70,71)76-50-58(65)51-77-83(72,73)79-55-60(53-75-62(67)47-41-35-31-25-27-33-39-45-57(5)6)81-64(69)49-43-37-30-24-21-19-18-20-22-26-32-38-44-56(3)4/h56-60,65H,7-55H2,1-6H3,(H,70,71)(H,72,73)/t58-,59+,60+/m0/s1. The number of aliphatic hydroxyl groups is 1. The lowest BCUT2D eigenvalue weighted by Gasteiger charge is -2.21. The number of carbonyl (C=O) groups is 4. The van der Waals surface area contributed by atoms with Gasteiger partial charge in [-0.1, -0.05) is 266 Å². The molecule has 0 aliphatic carbocycles. The van der Waals surface area contributed by atoms with Crippen LogP contribution in [0.5, 0.6) is 0 Å². The lowest BCUT2D eigenvalue weighted by molar-refractivity contribution is -0.161. The highest BCUT2D eigenvalue weighted by Crippen LogP contribution is 2.45. The van der Waals surface area contributed by atoms with Crippen molar-refractivity contribution in [3.8, 4) is 0 Å². The van der Waals surface area contributed by atoms with Crippen molar-refractivity contribution in [3.63, 3.8) is 0 Å². The average Bonchev–Trinajstić information content (AvgIpc) is 3.45. The highest BCUT2D eigenvalue weighted by Gasteiger charge is 2.30. The zero-order chi connectivity index (χ0) is 61.5. The predicted octanol–water partition coefficient (Wildman–Crippen LogP) is 17.7. The van der Waals surface area contributed by atoms with Gasteiger partial charge in [0, 0.05) is 25.7 Å². The molecule has 0 aromatic rings. The van der Waals surface area contributed by atoms with Crippen molar-refractivity contribution in [3.05, 3.63) is 0 Å². The lowest BCUT2D eigenvalue weighted by Crippen LogP contribution is -2.30. The summed E-state index contributed by atoms with van der Waals surface area (Å²) in [6.45, 7) is 9.42. The highest BCUT2D eigenvalue weighted by atomic mass is 31.2. The number of ether oxygens (including phenoxy) is 4. The number of phosphoric ester groups is 2. The predicted molar refractivity (Wildman–Crippen MR) is 331 cm³/mol. The Bertz CT molecular complexity index is 1630. The molecule has 3 N–H and O–H groups in total. The number of carbonyl (C=O) groups excluding carboxylic acids is 4. The minimum Gasteiger partial charge on any atom is -0.462 e. The summed E-state index contributed by atoms with van der Waals surface area (Å²) in [6.07, 6.45) is 39.0. The molecule has 0 rings (SSSR count). The smallest absolute Gasteiger partial charge is 0.462 e. The molecule has 0 fully saturated rings. The first-order valence-corrected chi connectivity index (χ1v) is 36.5. The molecule has 17 nitrogen and oxygen atoms in total. The molecule has 0 saturated carbocycles. The quantitative estimate of drug-likeness (QED) is 0.0222. The van der Waals surface area contributed by atoms with Crippen LogP contribution in [0.3, 0.4) is 0 Å². The first-order chi connectivity index (χ1) is 39.9. The SMILES string of the molecule is CCCCCCCCCCCCC(=O)O[C@H](COC(=O)CCCCCCCCCC)COP(=O)(O)OC[C@H](O)COP(=O)(O)OC[C@@H](COC(=O)CCCCCCCCCC(C)C)OC(=O)CCCCCCCCCCCCCCC(C)C. The van der Waals surface area contributed by atoms with E-state index in [0.29, 0.717) is 31.6 Å². The number of unbranched alkanes of at least 4 members (excludes halogenated alkanes) is 33. The molecule has 83 heavy (non-hydrogen) atoms. The van der Waals surface area contributed by atoms with Crippen LogP contribution in [-0.2, 0) is 65.4 Å². The maximum Gasteiger partial charge on any atom is 0.472 e.